The third-order valence-corrected chi connectivity index (χ3v) is 26.1. The van der Waals surface area contributed by atoms with Crippen LogP contribution in [0.2, 0.25) is 20.1 Å². The van der Waals surface area contributed by atoms with E-state index in [-0.39, 0.29) is 42.3 Å². The summed E-state index contributed by atoms with van der Waals surface area (Å²) in [6.45, 7) is 23.3. The molecule has 28 nitrogen and oxygen atoms in total. The van der Waals surface area contributed by atoms with E-state index >= 15 is 0 Å². The normalized spacial score (nSPS) is 26.2. The van der Waals surface area contributed by atoms with Crippen molar-refractivity contribution in [2.45, 2.75) is 215 Å². The zero-order chi connectivity index (χ0) is 83.5. The highest BCUT2D eigenvalue weighted by molar-refractivity contribution is 6.31. The molecule has 0 bridgehead atoms. The second-order valence-electron chi connectivity index (χ2n) is 33.9. The van der Waals surface area contributed by atoms with Crippen LogP contribution in [0.3, 0.4) is 0 Å². The number of likely N-dealkylation sites (tertiary alicyclic amines) is 4. The van der Waals surface area contributed by atoms with Crippen molar-refractivity contribution >= 4 is 98.9 Å². The highest BCUT2D eigenvalue weighted by Crippen LogP contribution is 2.34. The molecule has 32 heteroatoms. The summed E-state index contributed by atoms with van der Waals surface area (Å²) in [7, 11) is 1.74. The number of ketones is 1. The number of methoxy groups -OCH3 is 1. The maximum atomic E-state index is 12.3. The maximum absolute atomic E-state index is 12.3. The van der Waals surface area contributed by atoms with Gasteiger partial charge in [0.25, 0.3) is 0 Å². The first-order valence-electron chi connectivity index (χ1n) is 42.9. The van der Waals surface area contributed by atoms with Crippen LogP contribution in [0.25, 0.3) is 0 Å². The number of aliphatic hydroxyl groups is 1. The summed E-state index contributed by atoms with van der Waals surface area (Å²) >= 11 is 24.2. The Balaban J connectivity index is 0.000000137. The molecule has 8 atom stereocenters. The number of nitrogens with two attached hydrogens (primary N) is 4. The minimum atomic E-state index is -0.863. The molecule has 0 aliphatic carbocycles. The standard InChI is InChI=1S/2C22H32ClN5O2.C22H30ClN5O2.C21H30ClN5O2/c1-22(2,29)19-13-28(18(14-30-19)11-15-3-5-16(23)6-4-15)17-7-9-27(10-8-17)21-12-20(24)25-26-21;1-2-29-15-20-13-28(19(14-30-20)11-16-3-5-17(23)6-4-16)18-7-9-27(10-8-18)22-12-21(24)25-26-22;1-2-19(29)20-13-28(18(14-30-20)11-15-3-5-16(23)6-4-15)17-7-9-27(10-8-17)22-12-21(24)25-26-22;1-28-14-19-12-27(18(13-29-19)10-15-2-4-16(22)5-3-15)17-6-8-26(9-7-17)21-11-20(23)24-25-21/h3-6,17-19,29H,7-14H2,1-2H3,(H2,24,25);3-6,18-20H,2,7-15H2,1H3,(H2,24,25);3-6,17-18,20H,2,7-14H2,1H3,(H2,24,25);2-5,17-19H,6-14H2,1H3,(H2,23,24)/t18?,19-;19?,20-;18?,20-;18?,19-/m1111/s1. The lowest BCUT2D eigenvalue weighted by Gasteiger charge is -2.49. The number of hydrogen-bond acceptors (Lipinski definition) is 28. The lowest BCUT2D eigenvalue weighted by atomic mass is 9.92. The molecule has 8 saturated heterocycles. The Kier molecular flexibility index (Phi) is 32.7. The fourth-order valence-electron chi connectivity index (χ4n) is 18.5. The van der Waals surface area contributed by atoms with Crippen LogP contribution in [0.15, 0.2) is 138 Å². The first-order valence-corrected chi connectivity index (χ1v) is 44.4. The highest BCUT2D eigenvalue weighted by Gasteiger charge is 2.44. The summed E-state index contributed by atoms with van der Waals surface area (Å²) < 4.78 is 35.4. The van der Waals surface area contributed by atoms with Crippen molar-refractivity contribution in [1.29, 1.82) is 0 Å². The van der Waals surface area contributed by atoms with Gasteiger partial charge < -0.3 is 76.1 Å². The molecule has 0 amide bonds. The van der Waals surface area contributed by atoms with Crippen molar-refractivity contribution in [3.05, 3.63) is 139 Å². The van der Waals surface area contributed by atoms with Crippen molar-refractivity contribution in [1.82, 2.24) is 39.2 Å². The van der Waals surface area contributed by atoms with Gasteiger partial charge in [0.05, 0.1) is 89.2 Å². The molecule has 12 heterocycles. The summed E-state index contributed by atoms with van der Waals surface area (Å²) in [5.41, 5.74) is 27.4. The number of amidine groups is 8. The van der Waals surface area contributed by atoms with Crippen LogP contribution in [-0.2, 0) is 58.9 Å². The fraction of sp³-hybridized carbons (Fsp3) is 0.621. The Morgan fingerprint density at radius 2 is 0.706 bits per heavy atom. The molecule has 0 aromatic heterocycles. The molecule has 4 aromatic rings. The lowest BCUT2D eigenvalue weighted by molar-refractivity contribution is -0.155. The van der Waals surface area contributed by atoms with Gasteiger partial charge in [0.15, 0.2) is 5.78 Å². The van der Waals surface area contributed by atoms with E-state index in [4.69, 9.17) is 97.8 Å². The van der Waals surface area contributed by atoms with Gasteiger partial charge in [-0.15, -0.1) is 40.8 Å². The third kappa shape index (κ3) is 25.4. The Labute approximate surface area is 722 Å². The molecular weight excluding hydrogens is 1590 g/mol. The van der Waals surface area contributed by atoms with E-state index in [0.29, 0.717) is 125 Å². The van der Waals surface area contributed by atoms with E-state index in [0.717, 1.165) is 212 Å². The molecule has 8 fully saturated rings. The largest absolute Gasteiger partial charge is 0.388 e. The van der Waals surface area contributed by atoms with Gasteiger partial charge in [-0.05, 0) is 169 Å². The molecule has 9 N–H and O–H groups in total. The van der Waals surface area contributed by atoms with Gasteiger partial charge in [0.2, 0.25) is 0 Å². The second-order valence-corrected chi connectivity index (χ2v) is 35.6. The van der Waals surface area contributed by atoms with E-state index < -0.39 is 5.60 Å². The predicted molar refractivity (Wildman–Crippen MR) is 475 cm³/mol. The second kappa shape index (κ2) is 43.4. The van der Waals surface area contributed by atoms with Gasteiger partial charge in [0.1, 0.15) is 52.8 Å². The highest BCUT2D eigenvalue weighted by atomic mass is 35.5. The number of hydrogen-bond donors (Lipinski definition) is 5. The van der Waals surface area contributed by atoms with Crippen molar-refractivity contribution in [2.24, 2.45) is 63.7 Å². The van der Waals surface area contributed by atoms with Crippen LogP contribution in [0.1, 0.15) is 133 Å². The number of nitrogens with zero attached hydrogens (tertiary/aromatic N) is 16. The average Bonchev–Trinajstić information content (AvgIpc) is 1.59. The molecule has 119 heavy (non-hydrogen) atoms. The fourth-order valence-corrected chi connectivity index (χ4v) is 19.0. The van der Waals surface area contributed by atoms with Crippen LogP contribution in [0.4, 0.5) is 0 Å². The van der Waals surface area contributed by atoms with Crippen LogP contribution in [-0.4, -0.2) is 307 Å². The van der Waals surface area contributed by atoms with Crippen LogP contribution < -0.4 is 22.9 Å². The number of ether oxygens (including phenoxy) is 6. The Bertz CT molecular complexity index is 4180. The first kappa shape index (κ1) is 89.8. The lowest BCUT2D eigenvalue weighted by Crippen LogP contribution is -2.61. The molecule has 4 aromatic carbocycles. The Morgan fingerprint density at radius 1 is 0.420 bits per heavy atom. The zero-order valence-electron chi connectivity index (χ0n) is 69.9. The molecule has 16 rings (SSSR count). The SMILES string of the molecule is CC(C)(O)[C@H]1CN(C2CCN(C3=NN=C(N)C3)CC2)C(Cc2ccc(Cl)cc2)CO1.CCC(=O)[C@H]1CN(C2CCN(C3=NN=C(N)C3)CC2)C(Cc2ccc(Cl)cc2)CO1.CCOC[C@H]1CN(C2CCN(C3=NN=C(N)C3)CC2)C(Cc2ccc(Cl)cc2)CO1.COC[C@H]1CN(C2CCN(C3=NN=C(N)C3)CC2)C(Cc2ccc(Cl)cc2)CO1. The number of piperidine rings is 4. The van der Waals surface area contributed by atoms with Crippen LogP contribution in [0, 0.1) is 0 Å². The van der Waals surface area contributed by atoms with Gasteiger partial charge in [-0.3, -0.25) is 24.4 Å². The number of halogens is 4. The number of benzene rings is 4. The smallest absolute Gasteiger partial charge is 0.162 e. The zero-order valence-corrected chi connectivity index (χ0v) is 72.9. The summed E-state index contributed by atoms with van der Waals surface area (Å²) in [4.78, 5) is 32.0. The molecule has 12 aliphatic heterocycles. The predicted octanol–water partition coefficient (Wildman–Crippen LogP) is 9.40. The van der Waals surface area contributed by atoms with E-state index in [2.05, 4.69) is 129 Å². The molecule has 0 saturated carbocycles. The molecule has 0 radical (unpaired) electrons. The summed E-state index contributed by atoms with van der Waals surface area (Å²) in [5.74, 6) is 6.58. The summed E-state index contributed by atoms with van der Waals surface area (Å²) in [6, 6.07) is 35.7. The molecule has 4 unspecified atom stereocenters. The van der Waals surface area contributed by atoms with Gasteiger partial charge in [-0.25, -0.2) is 0 Å². The Hall–Kier alpha value is -6.97. The molecule has 0 spiro atoms. The van der Waals surface area contributed by atoms with Gasteiger partial charge >= 0.3 is 0 Å². The minimum absolute atomic E-state index is 0.131. The van der Waals surface area contributed by atoms with Crippen molar-refractivity contribution < 1.29 is 38.3 Å². The van der Waals surface area contributed by atoms with Gasteiger partial charge in [-0.2, -0.15) is 0 Å². The first-order chi connectivity index (χ1) is 57.6. The summed E-state index contributed by atoms with van der Waals surface area (Å²) in [5, 5.41) is 46.5. The van der Waals surface area contributed by atoms with Gasteiger partial charge in [0, 0.05) is 167 Å². The van der Waals surface area contributed by atoms with Crippen LogP contribution >= 0.6 is 46.4 Å². The number of Topliss-reactive ketones (excluding diaryl/α,β-unsaturated/α-hetero) is 1. The van der Waals surface area contributed by atoms with E-state index in [1.165, 1.54) is 22.3 Å². The van der Waals surface area contributed by atoms with Crippen molar-refractivity contribution in [3.8, 4) is 0 Å². The molecular formula is C87H124Cl4N20O8. The van der Waals surface area contributed by atoms with Gasteiger partial charge in [-0.1, -0.05) is 102 Å². The monoisotopic (exact) mass is 1720 g/mol. The van der Waals surface area contributed by atoms with E-state index in [1.54, 1.807) is 7.11 Å². The average molecular weight is 1720 g/mol. The number of rotatable bonds is 20. The summed E-state index contributed by atoms with van der Waals surface area (Å²) in [6.07, 6.45) is 15.3. The maximum Gasteiger partial charge on any atom is 0.162 e. The number of carbonyl (C=O) groups excluding carboxylic acids is 1. The quantitative estimate of drug-likeness (QED) is 0.0550. The van der Waals surface area contributed by atoms with E-state index in [1.807, 2.05) is 76.2 Å². The van der Waals surface area contributed by atoms with Crippen molar-refractivity contribution in [2.75, 3.05) is 132 Å². The topological polar surface area (TPSA) is 322 Å². The number of morpholine rings is 4. The molecule has 12 aliphatic rings. The Morgan fingerprint density at radius 3 is 0.983 bits per heavy atom. The molecule has 648 valence electrons. The van der Waals surface area contributed by atoms with Crippen LogP contribution in [0.5, 0.6) is 0 Å². The van der Waals surface area contributed by atoms with Crippen molar-refractivity contribution in [3.63, 3.8) is 0 Å². The van der Waals surface area contributed by atoms with E-state index in [9.17, 15) is 9.90 Å². The number of carbonyl (C=O) groups is 1. The third-order valence-electron chi connectivity index (χ3n) is 25.1. The minimum Gasteiger partial charge on any atom is -0.388 e.